The molecule has 0 aromatic carbocycles. The summed E-state index contributed by atoms with van der Waals surface area (Å²) in [6, 6.07) is 3.39. The Kier molecular flexibility index (Phi) is 3.54. The third-order valence-corrected chi connectivity index (χ3v) is 2.44. The van der Waals surface area contributed by atoms with Crippen LogP contribution in [0.5, 0.6) is 0 Å². The Labute approximate surface area is 98.6 Å². The van der Waals surface area contributed by atoms with Crippen molar-refractivity contribution in [1.82, 2.24) is 15.2 Å². The van der Waals surface area contributed by atoms with Gasteiger partial charge >= 0.3 is 6.09 Å². The number of pyridine rings is 1. The van der Waals surface area contributed by atoms with E-state index < -0.39 is 0 Å². The Morgan fingerprint density at radius 1 is 1.59 bits per heavy atom. The van der Waals surface area contributed by atoms with Gasteiger partial charge in [-0.05, 0) is 12.1 Å². The van der Waals surface area contributed by atoms with Crippen LogP contribution in [-0.4, -0.2) is 48.1 Å². The smallest absolute Gasteiger partial charge is 0.409 e. The summed E-state index contributed by atoms with van der Waals surface area (Å²) in [4.78, 5) is 28.1. The highest BCUT2D eigenvalue weighted by Crippen LogP contribution is 2.01. The second kappa shape index (κ2) is 5.29. The van der Waals surface area contributed by atoms with E-state index in [0.717, 1.165) is 0 Å². The van der Waals surface area contributed by atoms with E-state index in [9.17, 15) is 9.59 Å². The van der Waals surface area contributed by atoms with Crippen LogP contribution in [-0.2, 0) is 4.74 Å². The third-order valence-electron chi connectivity index (χ3n) is 2.44. The molecule has 0 saturated carbocycles. The molecule has 1 aromatic heterocycles. The number of nitrogens with one attached hydrogen (secondary N) is 1. The molecule has 0 aliphatic carbocycles. The molecule has 1 fully saturated rings. The second-order valence-electron chi connectivity index (χ2n) is 3.60. The molecule has 0 bridgehead atoms. The molecular weight excluding hydrogens is 222 g/mol. The fraction of sp³-hybridized carbons (Fsp3) is 0.364. The number of amides is 2. The minimum Gasteiger partial charge on any atom is -0.448 e. The molecule has 2 rings (SSSR count). The molecule has 1 N–H and O–H groups in total. The number of ether oxygens (including phenoxy) is 1. The topological polar surface area (TPSA) is 71.5 Å². The van der Waals surface area contributed by atoms with E-state index in [1.165, 1.54) is 6.20 Å². The van der Waals surface area contributed by atoms with Crippen LogP contribution in [0.25, 0.3) is 0 Å². The van der Waals surface area contributed by atoms with Gasteiger partial charge in [0.25, 0.3) is 5.91 Å². The Morgan fingerprint density at radius 2 is 2.47 bits per heavy atom. The van der Waals surface area contributed by atoms with Crippen LogP contribution in [0.3, 0.4) is 0 Å². The molecule has 90 valence electrons. The number of rotatable bonds is 4. The van der Waals surface area contributed by atoms with Crippen molar-refractivity contribution < 1.29 is 14.3 Å². The van der Waals surface area contributed by atoms with Gasteiger partial charge in [0.15, 0.2) is 0 Å². The summed E-state index contributed by atoms with van der Waals surface area (Å²) in [5.41, 5.74) is 0.511. The predicted octanol–water partition coefficient (Wildman–Crippen LogP) is 0.264. The number of hydrogen-bond acceptors (Lipinski definition) is 4. The maximum absolute atomic E-state index is 11.6. The standard InChI is InChI=1S/C11H13N3O3/c15-10(9-2-1-3-12-8-9)13-4-5-14-6-7-17-11(14)16/h1-3,8H,4-7H2,(H,13,15). The Balaban J connectivity index is 1.75. The number of aromatic nitrogens is 1. The number of carbonyl (C=O) groups excluding carboxylic acids is 2. The summed E-state index contributed by atoms with van der Waals surface area (Å²) >= 11 is 0. The normalized spacial score (nSPS) is 14.6. The molecule has 1 aliphatic heterocycles. The van der Waals surface area contributed by atoms with Gasteiger partial charge in [-0.1, -0.05) is 0 Å². The average molecular weight is 235 g/mol. The zero-order valence-corrected chi connectivity index (χ0v) is 9.26. The van der Waals surface area contributed by atoms with Gasteiger partial charge in [0, 0.05) is 25.5 Å². The lowest BCUT2D eigenvalue weighted by molar-refractivity contribution is 0.0948. The van der Waals surface area contributed by atoms with E-state index in [2.05, 4.69) is 10.3 Å². The van der Waals surface area contributed by atoms with Gasteiger partial charge in [0.05, 0.1) is 12.1 Å². The average Bonchev–Trinajstić information content (AvgIpc) is 2.76. The van der Waals surface area contributed by atoms with Crippen molar-refractivity contribution in [2.24, 2.45) is 0 Å². The van der Waals surface area contributed by atoms with Gasteiger partial charge in [0.1, 0.15) is 6.61 Å². The summed E-state index contributed by atoms with van der Waals surface area (Å²) in [5, 5.41) is 2.72. The zero-order valence-electron chi connectivity index (χ0n) is 9.26. The fourth-order valence-corrected chi connectivity index (χ4v) is 1.53. The predicted molar refractivity (Wildman–Crippen MR) is 59.5 cm³/mol. The van der Waals surface area contributed by atoms with E-state index >= 15 is 0 Å². The van der Waals surface area contributed by atoms with Crippen molar-refractivity contribution >= 4 is 12.0 Å². The van der Waals surface area contributed by atoms with Gasteiger partial charge in [0.2, 0.25) is 0 Å². The molecule has 2 amide bonds. The van der Waals surface area contributed by atoms with Crippen molar-refractivity contribution in [1.29, 1.82) is 0 Å². The quantitative estimate of drug-likeness (QED) is 0.812. The molecule has 6 nitrogen and oxygen atoms in total. The van der Waals surface area contributed by atoms with Crippen LogP contribution in [0.2, 0.25) is 0 Å². The molecule has 0 unspecified atom stereocenters. The molecule has 2 heterocycles. The Hall–Kier alpha value is -2.11. The summed E-state index contributed by atoms with van der Waals surface area (Å²) < 4.78 is 4.77. The van der Waals surface area contributed by atoms with Crippen LogP contribution in [0.1, 0.15) is 10.4 Å². The molecule has 1 aliphatic rings. The molecule has 1 aromatic rings. The lowest BCUT2D eigenvalue weighted by atomic mass is 10.3. The number of cyclic esters (lactones) is 1. The highest BCUT2D eigenvalue weighted by molar-refractivity contribution is 5.93. The van der Waals surface area contributed by atoms with Crippen LogP contribution >= 0.6 is 0 Å². The van der Waals surface area contributed by atoms with Crippen LogP contribution < -0.4 is 5.32 Å². The van der Waals surface area contributed by atoms with E-state index in [1.54, 1.807) is 23.2 Å². The summed E-state index contributed by atoms with van der Waals surface area (Å²) in [6.45, 7) is 1.88. The number of nitrogens with zero attached hydrogens (tertiary/aromatic N) is 2. The molecule has 0 atom stereocenters. The van der Waals surface area contributed by atoms with Crippen LogP contribution in [0.15, 0.2) is 24.5 Å². The summed E-state index contributed by atoms with van der Waals surface area (Å²) in [6.07, 6.45) is 2.79. The second-order valence-corrected chi connectivity index (χ2v) is 3.60. The van der Waals surface area contributed by atoms with Crippen molar-refractivity contribution in [3.8, 4) is 0 Å². The number of hydrogen-bond donors (Lipinski definition) is 1. The van der Waals surface area contributed by atoms with Crippen molar-refractivity contribution in [3.63, 3.8) is 0 Å². The van der Waals surface area contributed by atoms with Gasteiger partial charge in [-0.25, -0.2) is 4.79 Å². The SMILES string of the molecule is O=C(NCCN1CCOC1=O)c1cccnc1. The Morgan fingerprint density at radius 3 is 3.12 bits per heavy atom. The Bertz CT molecular complexity index is 408. The molecule has 6 heteroatoms. The monoisotopic (exact) mass is 235 g/mol. The summed E-state index contributed by atoms with van der Waals surface area (Å²) in [5.74, 6) is -0.189. The zero-order chi connectivity index (χ0) is 12.1. The van der Waals surface area contributed by atoms with Gasteiger partial charge in [-0.15, -0.1) is 0 Å². The van der Waals surface area contributed by atoms with E-state index in [1.807, 2.05) is 0 Å². The summed E-state index contributed by atoms with van der Waals surface area (Å²) in [7, 11) is 0. The van der Waals surface area contributed by atoms with Crippen molar-refractivity contribution in [2.75, 3.05) is 26.2 Å². The molecule has 0 spiro atoms. The first-order chi connectivity index (χ1) is 8.27. The molecule has 0 radical (unpaired) electrons. The highest BCUT2D eigenvalue weighted by Gasteiger charge is 2.21. The van der Waals surface area contributed by atoms with Gasteiger partial charge in [-0.2, -0.15) is 0 Å². The van der Waals surface area contributed by atoms with E-state index in [-0.39, 0.29) is 12.0 Å². The van der Waals surface area contributed by atoms with E-state index in [0.29, 0.717) is 31.8 Å². The van der Waals surface area contributed by atoms with E-state index in [4.69, 9.17) is 4.74 Å². The minimum atomic E-state index is -0.319. The van der Waals surface area contributed by atoms with Crippen LogP contribution in [0, 0.1) is 0 Å². The third kappa shape index (κ3) is 2.93. The lowest BCUT2D eigenvalue weighted by Crippen LogP contribution is -2.35. The number of carbonyl (C=O) groups is 2. The molecular formula is C11H13N3O3. The first-order valence-electron chi connectivity index (χ1n) is 5.37. The van der Waals surface area contributed by atoms with Crippen molar-refractivity contribution in [3.05, 3.63) is 30.1 Å². The highest BCUT2D eigenvalue weighted by atomic mass is 16.6. The first-order valence-corrected chi connectivity index (χ1v) is 5.37. The lowest BCUT2D eigenvalue weighted by Gasteiger charge is -2.12. The fourth-order valence-electron chi connectivity index (χ4n) is 1.53. The van der Waals surface area contributed by atoms with Crippen LogP contribution in [0.4, 0.5) is 4.79 Å². The molecule has 1 saturated heterocycles. The largest absolute Gasteiger partial charge is 0.448 e. The maximum Gasteiger partial charge on any atom is 0.409 e. The maximum atomic E-state index is 11.6. The van der Waals surface area contributed by atoms with Gasteiger partial charge in [-0.3, -0.25) is 9.78 Å². The molecule has 17 heavy (non-hydrogen) atoms. The van der Waals surface area contributed by atoms with Gasteiger partial charge < -0.3 is 15.0 Å². The minimum absolute atomic E-state index is 0.189. The first kappa shape index (κ1) is 11.4. The van der Waals surface area contributed by atoms with Crippen molar-refractivity contribution in [2.45, 2.75) is 0 Å².